The van der Waals surface area contributed by atoms with Crippen molar-refractivity contribution < 1.29 is 0 Å². The molecule has 0 spiro atoms. The largest absolute Gasteiger partial charge is 0.383 e. The van der Waals surface area contributed by atoms with Gasteiger partial charge in [-0.25, -0.2) is 14.6 Å². The molecule has 0 amide bonds. The normalized spacial score (nSPS) is 11.8. The number of aromatic nitrogens is 4. The third kappa shape index (κ3) is 2.71. The molecule has 0 aliphatic rings. The molecule has 0 saturated heterocycles. The van der Waals surface area contributed by atoms with Gasteiger partial charge in [0.25, 0.3) is 0 Å². The van der Waals surface area contributed by atoms with Gasteiger partial charge < -0.3 is 5.73 Å². The summed E-state index contributed by atoms with van der Waals surface area (Å²) in [7, 11) is 0. The molecule has 0 aliphatic heterocycles. The molecule has 2 N–H and O–H groups in total. The third-order valence-electron chi connectivity index (χ3n) is 4.27. The molecular weight excluding hydrogens is 322 g/mol. The first kappa shape index (κ1) is 16.3. The predicted octanol–water partition coefficient (Wildman–Crippen LogP) is 4.50. The Balaban J connectivity index is 2.05. The highest BCUT2D eigenvalue weighted by Crippen LogP contribution is 2.34. The maximum atomic E-state index is 6.38. The first-order valence-electron chi connectivity index (χ1n) is 8.63. The predicted molar refractivity (Wildman–Crippen MR) is 106 cm³/mol. The standard InChI is InChI=1S/C21H21N5/c1-21(2,3)26-20-16(17(25-26)14-10-6-4-7-11-14)18(22)23-19(24-20)15-12-8-5-9-13-15/h4-13H,1-3H3,(H2,22,23,24). The molecule has 2 aromatic carbocycles. The highest BCUT2D eigenvalue weighted by atomic mass is 15.3. The molecule has 2 heterocycles. The summed E-state index contributed by atoms with van der Waals surface area (Å²) in [6, 6.07) is 19.9. The van der Waals surface area contributed by atoms with Gasteiger partial charge in [0.15, 0.2) is 11.5 Å². The lowest BCUT2D eigenvalue weighted by atomic mass is 10.1. The van der Waals surface area contributed by atoms with E-state index in [4.69, 9.17) is 15.8 Å². The molecule has 0 saturated carbocycles. The van der Waals surface area contributed by atoms with Crippen LogP contribution in [-0.4, -0.2) is 19.7 Å². The first-order valence-corrected chi connectivity index (χ1v) is 8.63. The van der Waals surface area contributed by atoms with Gasteiger partial charge >= 0.3 is 0 Å². The molecule has 4 aromatic rings. The maximum absolute atomic E-state index is 6.38. The third-order valence-corrected chi connectivity index (χ3v) is 4.27. The molecule has 0 fully saturated rings. The van der Waals surface area contributed by atoms with Gasteiger partial charge in [0.2, 0.25) is 0 Å². The molecular formula is C21H21N5. The second-order valence-electron chi connectivity index (χ2n) is 7.29. The summed E-state index contributed by atoms with van der Waals surface area (Å²) in [5, 5.41) is 5.66. The zero-order valence-electron chi connectivity index (χ0n) is 15.1. The minimum Gasteiger partial charge on any atom is -0.383 e. The summed E-state index contributed by atoms with van der Waals surface area (Å²) < 4.78 is 1.94. The Morgan fingerprint density at radius 2 is 1.38 bits per heavy atom. The average Bonchev–Trinajstić information content (AvgIpc) is 3.04. The lowest BCUT2D eigenvalue weighted by molar-refractivity contribution is 0.367. The number of benzene rings is 2. The van der Waals surface area contributed by atoms with Crippen LogP contribution in [0.3, 0.4) is 0 Å². The average molecular weight is 343 g/mol. The number of nitrogens with zero attached hydrogens (tertiary/aromatic N) is 4. The van der Waals surface area contributed by atoms with Crippen molar-refractivity contribution in [2.24, 2.45) is 0 Å². The van der Waals surface area contributed by atoms with Gasteiger partial charge in [-0.05, 0) is 20.8 Å². The number of hydrogen-bond acceptors (Lipinski definition) is 4. The summed E-state index contributed by atoms with van der Waals surface area (Å²) in [6.07, 6.45) is 0. The number of anilines is 1. The van der Waals surface area contributed by atoms with Gasteiger partial charge in [-0.2, -0.15) is 5.10 Å². The van der Waals surface area contributed by atoms with Crippen LogP contribution in [0.1, 0.15) is 20.8 Å². The Bertz CT molecular complexity index is 1060. The van der Waals surface area contributed by atoms with E-state index in [-0.39, 0.29) is 5.54 Å². The van der Waals surface area contributed by atoms with Crippen molar-refractivity contribution in [3.63, 3.8) is 0 Å². The van der Waals surface area contributed by atoms with Crippen molar-refractivity contribution in [1.29, 1.82) is 0 Å². The van der Waals surface area contributed by atoms with Crippen LogP contribution < -0.4 is 5.73 Å². The summed E-state index contributed by atoms with van der Waals surface area (Å²) in [5.41, 5.74) is 9.65. The minimum atomic E-state index is -0.236. The van der Waals surface area contributed by atoms with E-state index in [0.717, 1.165) is 27.9 Å². The Morgan fingerprint density at radius 1 is 0.808 bits per heavy atom. The van der Waals surface area contributed by atoms with E-state index in [9.17, 15) is 0 Å². The van der Waals surface area contributed by atoms with Crippen LogP contribution in [0.25, 0.3) is 33.7 Å². The van der Waals surface area contributed by atoms with E-state index in [1.54, 1.807) is 0 Å². The van der Waals surface area contributed by atoms with Gasteiger partial charge in [0, 0.05) is 11.1 Å². The first-order chi connectivity index (χ1) is 12.4. The van der Waals surface area contributed by atoms with Gasteiger partial charge in [-0.15, -0.1) is 0 Å². The Hall–Kier alpha value is -3.21. The van der Waals surface area contributed by atoms with Crippen LogP contribution in [0, 0.1) is 0 Å². The van der Waals surface area contributed by atoms with Crippen molar-refractivity contribution in [1.82, 2.24) is 19.7 Å². The number of hydrogen-bond donors (Lipinski definition) is 1. The molecule has 5 nitrogen and oxygen atoms in total. The van der Waals surface area contributed by atoms with Crippen LogP contribution in [0.5, 0.6) is 0 Å². The lowest BCUT2D eigenvalue weighted by Crippen LogP contribution is -2.23. The van der Waals surface area contributed by atoms with Crippen LogP contribution in [0.2, 0.25) is 0 Å². The fourth-order valence-electron chi connectivity index (χ4n) is 3.03. The van der Waals surface area contributed by atoms with E-state index in [1.807, 2.05) is 65.3 Å². The molecule has 2 aromatic heterocycles. The zero-order valence-corrected chi connectivity index (χ0v) is 15.1. The van der Waals surface area contributed by atoms with E-state index in [0.29, 0.717) is 11.6 Å². The second-order valence-corrected chi connectivity index (χ2v) is 7.29. The monoisotopic (exact) mass is 343 g/mol. The van der Waals surface area contributed by atoms with Crippen molar-refractivity contribution in [2.45, 2.75) is 26.3 Å². The van der Waals surface area contributed by atoms with Gasteiger partial charge in [0.05, 0.1) is 10.9 Å². The van der Waals surface area contributed by atoms with E-state index < -0.39 is 0 Å². The summed E-state index contributed by atoms with van der Waals surface area (Å²) in [6.45, 7) is 6.32. The van der Waals surface area contributed by atoms with E-state index >= 15 is 0 Å². The SMILES string of the molecule is CC(C)(C)n1nc(-c2ccccc2)c2c(N)nc(-c3ccccc3)nc21. The Morgan fingerprint density at radius 3 is 1.96 bits per heavy atom. The molecule has 0 unspecified atom stereocenters. The number of rotatable bonds is 2. The lowest BCUT2D eigenvalue weighted by Gasteiger charge is -2.20. The zero-order chi connectivity index (χ0) is 18.3. The quantitative estimate of drug-likeness (QED) is 0.582. The maximum Gasteiger partial charge on any atom is 0.165 e. The van der Waals surface area contributed by atoms with Gasteiger partial charge in [-0.3, -0.25) is 0 Å². The number of fused-ring (bicyclic) bond motifs is 1. The van der Waals surface area contributed by atoms with E-state index in [2.05, 4.69) is 25.8 Å². The fourth-order valence-corrected chi connectivity index (χ4v) is 3.03. The summed E-state index contributed by atoms with van der Waals surface area (Å²) in [5.74, 6) is 1.06. The van der Waals surface area contributed by atoms with Gasteiger partial charge in [0.1, 0.15) is 11.5 Å². The molecule has 130 valence electrons. The van der Waals surface area contributed by atoms with Crippen LogP contribution >= 0.6 is 0 Å². The van der Waals surface area contributed by atoms with Crippen molar-refractivity contribution in [3.8, 4) is 22.6 Å². The molecule has 0 aliphatic carbocycles. The molecule has 4 rings (SSSR count). The Kier molecular flexibility index (Phi) is 3.72. The van der Waals surface area contributed by atoms with E-state index in [1.165, 1.54) is 0 Å². The van der Waals surface area contributed by atoms with Crippen LogP contribution in [0.4, 0.5) is 5.82 Å². The molecule has 0 bridgehead atoms. The summed E-state index contributed by atoms with van der Waals surface area (Å²) >= 11 is 0. The van der Waals surface area contributed by atoms with Crippen molar-refractivity contribution in [2.75, 3.05) is 5.73 Å². The van der Waals surface area contributed by atoms with Crippen molar-refractivity contribution >= 4 is 16.9 Å². The van der Waals surface area contributed by atoms with Crippen LogP contribution in [-0.2, 0) is 5.54 Å². The number of nitrogen functional groups attached to an aromatic ring is 1. The molecule has 0 atom stereocenters. The molecule has 0 radical (unpaired) electrons. The highest BCUT2D eigenvalue weighted by Gasteiger charge is 2.25. The number of nitrogens with two attached hydrogens (primary N) is 1. The fraction of sp³-hybridized carbons (Fsp3) is 0.190. The van der Waals surface area contributed by atoms with Crippen molar-refractivity contribution in [3.05, 3.63) is 60.7 Å². The summed E-state index contributed by atoms with van der Waals surface area (Å²) in [4.78, 5) is 9.39. The Labute approximate surface area is 152 Å². The molecule has 5 heteroatoms. The highest BCUT2D eigenvalue weighted by molar-refractivity contribution is 5.99. The van der Waals surface area contributed by atoms with Crippen LogP contribution in [0.15, 0.2) is 60.7 Å². The minimum absolute atomic E-state index is 0.236. The smallest absolute Gasteiger partial charge is 0.165 e. The topological polar surface area (TPSA) is 69.6 Å². The molecule has 26 heavy (non-hydrogen) atoms. The van der Waals surface area contributed by atoms with Gasteiger partial charge in [-0.1, -0.05) is 60.7 Å². The second kappa shape index (κ2) is 5.95.